The van der Waals surface area contributed by atoms with E-state index in [4.69, 9.17) is 0 Å². The van der Waals surface area contributed by atoms with Crippen molar-refractivity contribution in [2.75, 3.05) is 32.7 Å². The fourth-order valence-corrected chi connectivity index (χ4v) is 3.18. The Morgan fingerprint density at radius 3 is 2.25 bits per heavy atom. The fourth-order valence-electron chi connectivity index (χ4n) is 3.18. The van der Waals surface area contributed by atoms with Crippen molar-refractivity contribution in [3.8, 4) is 0 Å². The predicted octanol–water partition coefficient (Wildman–Crippen LogP) is 2.35. The molecule has 0 unspecified atom stereocenters. The Kier molecular flexibility index (Phi) is 6.36. The fraction of sp³-hybridized carbons (Fsp3) is 0.333. The summed E-state index contributed by atoms with van der Waals surface area (Å²) in [5, 5.41) is 3.17. The summed E-state index contributed by atoms with van der Waals surface area (Å²) in [6.07, 6.45) is 0. The summed E-state index contributed by atoms with van der Waals surface area (Å²) in [6.45, 7) is 4.25. The Morgan fingerprint density at radius 1 is 1.04 bits per heavy atom. The lowest BCUT2D eigenvalue weighted by Crippen LogP contribution is -2.50. The minimum atomic E-state index is -0.717. The van der Waals surface area contributed by atoms with E-state index in [9.17, 15) is 18.4 Å². The third-order valence-electron chi connectivity index (χ3n) is 4.68. The molecule has 1 N–H and O–H groups in total. The quantitative estimate of drug-likeness (QED) is 0.857. The van der Waals surface area contributed by atoms with Gasteiger partial charge >= 0.3 is 0 Å². The van der Waals surface area contributed by atoms with Crippen LogP contribution in [0.3, 0.4) is 0 Å². The maximum Gasteiger partial charge on any atom is 0.254 e. The zero-order valence-corrected chi connectivity index (χ0v) is 15.8. The Balaban J connectivity index is 1.82. The van der Waals surface area contributed by atoms with Gasteiger partial charge in [0.2, 0.25) is 5.91 Å². The molecule has 1 aliphatic rings. The van der Waals surface area contributed by atoms with Gasteiger partial charge in [-0.1, -0.05) is 17.7 Å². The summed E-state index contributed by atoms with van der Waals surface area (Å²) >= 11 is 0. The molecule has 0 aromatic heterocycles. The molecule has 1 fully saturated rings. The summed E-state index contributed by atoms with van der Waals surface area (Å²) in [4.78, 5) is 28.7. The van der Waals surface area contributed by atoms with E-state index in [1.54, 1.807) is 17.0 Å². The number of halogens is 2. The van der Waals surface area contributed by atoms with E-state index in [0.29, 0.717) is 37.3 Å². The van der Waals surface area contributed by atoms with Gasteiger partial charge in [-0.2, -0.15) is 0 Å². The number of hydrogen-bond acceptors (Lipinski definition) is 3. The number of carbonyl (C=O) groups excluding carboxylic acids is 2. The monoisotopic (exact) mass is 387 g/mol. The number of nitrogens with zero attached hydrogens (tertiary/aromatic N) is 2. The van der Waals surface area contributed by atoms with Gasteiger partial charge in [0.1, 0.15) is 18.2 Å². The van der Waals surface area contributed by atoms with Crippen LogP contribution >= 0.6 is 0 Å². The van der Waals surface area contributed by atoms with Crippen molar-refractivity contribution in [3.63, 3.8) is 0 Å². The van der Waals surface area contributed by atoms with E-state index < -0.39 is 11.6 Å². The molecular weight excluding hydrogens is 364 g/mol. The standard InChI is InChI=1S/C21H23F2N3O2/c1-15-2-4-17(5-3-15)21(28)26(13-16-10-18(22)12-19(23)11-16)14-20(27)25-8-6-24-7-9-25/h2-5,10-12,24H,6-9,13-14H2,1H3. The van der Waals surface area contributed by atoms with E-state index in [0.717, 1.165) is 11.6 Å². The topological polar surface area (TPSA) is 52.7 Å². The van der Waals surface area contributed by atoms with Crippen molar-refractivity contribution < 1.29 is 18.4 Å². The van der Waals surface area contributed by atoms with E-state index in [2.05, 4.69) is 5.32 Å². The lowest BCUT2D eigenvalue weighted by molar-refractivity contribution is -0.132. The van der Waals surface area contributed by atoms with Crippen LogP contribution in [0.15, 0.2) is 42.5 Å². The highest BCUT2D eigenvalue weighted by molar-refractivity contribution is 5.96. The number of benzene rings is 2. The van der Waals surface area contributed by atoms with Gasteiger partial charge in [-0.25, -0.2) is 8.78 Å². The summed E-state index contributed by atoms with van der Waals surface area (Å²) in [5.74, 6) is -1.97. The molecule has 1 heterocycles. The zero-order valence-electron chi connectivity index (χ0n) is 15.8. The number of hydrogen-bond donors (Lipinski definition) is 1. The van der Waals surface area contributed by atoms with Crippen LogP contribution in [-0.2, 0) is 11.3 Å². The zero-order chi connectivity index (χ0) is 20.1. The molecule has 0 radical (unpaired) electrons. The lowest BCUT2D eigenvalue weighted by atomic mass is 10.1. The highest BCUT2D eigenvalue weighted by Crippen LogP contribution is 2.14. The SMILES string of the molecule is Cc1ccc(C(=O)N(CC(=O)N2CCNCC2)Cc2cc(F)cc(F)c2)cc1. The summed E-state index contributed by atoms with van der Waals surface area (Å²) in [7, 11) is 0. The number of rotatable bonds is 5. The van der Waals surface area contributed by atoms with Crippen LogP contribution in [0.2, 0.25) is 0 Å². The third kappa shape index (κ3) is 5.13. The van der Waals surface area contributed by atoms with Crippen LogP contribution in [0.25, 0.3) is 0 Å². The van der Waals surface area contributed by atoms with Crippen LogP contribution in [0.1, 0.15) is 21.5 Å². The van der Waals surface area contributed by atoms with Crippen molar-refractivity contribution in [2.45, 2.75) is 13.5 Å². The molecule has 1 aliphatic heterocycles. The van der Waals surface area contributed by atoms with E-state index in [1.165, 1.54) is 17.0 Å². The third-order valence-corrected chi connectivity index (χ3v) is 4.68. The molecule has 148 valence electrons. The van der Waals surface area contributed by atoms with Crippen LogP contribution < -0.4 is 5.32 Å². The Labute approximate surface area is 162 Å². The predicted molar refractivity (Wildman–Crippen MR) is 102 cm³/mol. The van der Waals surface area contributed by atoms with Crippen LogP contribution in [-0.4, -0.2) is 54.3 Å². The van der Waals surface area contributed by atoms with E-state index in [-0.39, 0.29) is 24.9 Å². The normalized spacial score (nSPS) is 14.0. The van der Waals surface area contributed by atoms with Crippen LogP contribution in [0.4, 0.5) is 8.78 Å². The average molecular weight is 387 g/mol. The molecule has 2 aromatic rings. The van der Waals surface area contributed by atoms with Gasteiger partial charge in [0.15, 0.2) is 0 Å². The molecular formula is C21H23F2N3O2. The van der Waals surface area contributed by atoms with E-state index in [1.807, 2.05) is 19.1 Å². The molecule has 0 saturated carbocycles. The molecule has 1 saturated heterocycles. The van der Waals surface area contributed by atoms with Gasteiger partial charge in [0, 0.05) is 44.4 Å². The first-order valence-electron chi connectivity index (χ1n) is 9.22. The number of aryl methyl sites for hydroxylation is 1. The Bertz CT molecular complexity index is 829. The Hall–Kier alpha value is -2.80. The molecule has 0 aliphatic carbocycles. The van der Waals surface area contributed by atoms with Crippen molar-refractivity contribution in [2.24, 2.45) is 0 Å². The van der Waals surface area contributed by atoms with Gasteiger partial charge < -0.3 is 15.1 Å². The second kappa shape index (κ2) is 8.93. The maximum atomic E-state index is 13.6. The highest BCUT2D eigenvalue weighted by atomic mass is 19.1. The van der Waals surface area contributed by atoms with Crippen molar-refractivity contribution in [1.29, 1.82) is 0 Å². The van der Waals surface area contributed by atoms with Gasteiger partial charge in [0.05, 0.1) is 0 Å². The Morgan fingerprint density at radius 2 is 1.64 bits per heavy atom. The van der Waals surface area contributed by atoms with Crippen molar-refractivity contribution in [3.05, 3.63) is 70.8 Å². The van der Waals surface area contributed by atoms with Crippen molar-refractivity contribution in [1.82, 2.24) is 15.1 Å². The first kappa shape index (κ1) is 19.9. The molecule has 7 heteroatoms. The first-order valence-corrected chi connectivity index (χ1v) is 9.22. The molecule has 5 nitrogen and oxygen atoms in total. The smallest absolute Gasteiger partial charge is 0.254 e. The first-order chi connectivity index (χ1) is 13.4. The van der Waals surface area contributed by atoms with Gasteiger partial charge in [-0.3, -0.25) is 9.59 Å². The molecule has 28 heavy (non-hydrogen) atoms. The maximum absolute atomic E-state index is 13.6. The molecule has 2 amide bonds. The molecule has 0 spiro atoms. The van der Waals surface area contributed by atoms with Gasteiger partial charge in [-0.15, -0.1) is 0 Å². The summed E-state index contributed by atoms with van der Waals surface area (Å²) in [5.41, 5.74) is 1.73. The van der Waals surface area contributed by atoms with Gasteiger partial charge in [-0.05, 0) is 36.8 Å². The van der Waals surface area contributed by atoms with Gasteiger partial charge in [0.25, 0.3) is 5.91 Å². The minimum Gasteiger partial charge on any atom is -0.339 e. The summed E-state index contributed by atoms with van der Waals surface area (Å²) < 4.78 is 27.1. The van der Waals surface area contributed by atoms with E-state index >= 15 is 0 Å². The molecule has 3 rings (SSSR count). The average Bonchev–Trinajstić information content (AvgIpc) is 2.67. The largest absolute Gasteiger partial charge is 0.339 e. The molecule has 0 bridgehead atoms. The number of amides is 2. The highest BCUT2D eigenvalue weighted by Gasteiger charge is 2.24. The molecule has 0 atom stereocenters. The molecule has 2 aromatic carbocycles. The number of carbonyl (C=O) groups is 2. The second-order valence-electron chi connectivity index (χ2n) is 6.94. The van der Waals surface area contributed by atoms with Crippen LogP contribution in [0, 0.1) is 18.6 Å². The summed E-state index contributed by atoms with van der Waals surface area (Å²) in [6, 6.07) is 10.1. The minimum absolute atomic E-state index is 0.0563. The second-order valence-corrected chi connectivity index (χ2v) is 6.94. The lowest BCUT2D eigenvalue weighted by Gasteiger charge is -2.30. The van der Waals surface area contributed by atoms with Crippen LogP contribution in [0.5, 0.6) is 0 Å². The number of nitrogens with one attached hydrogen (secondary N) is 1. The number of piperazine rings is 1. The van der Waals surface area contributed by atoms with Crippen molar-refractivity contribution >= 4 is 11.8 Å².